The minimum atomic E-state index is 0.695. The number of hydrogen-bond donors (Lipinski definition) is 1. The van der Waals surface area contributed by atoms with Gasteiger partial charge in [-0.05, 0) is 23.8 Å². The van der Waals surface area contributed by atoms with Crippen LogP contribution in [0.5, 0.6) is 0 Å². The van der Waals surface area contributed by atoms with E-state index in [1.165, 1.54) is 0 Å². The number of halogens is 1. The number of rotatable bonds is 2. The monoisotopic (exact) mass is 305 g/mol. The number of nitrogens with one attached hydrogen (secondary N) is 1. The van der Waals surface area contributed by atoms with E-state index in [2.05, 4.69) is 16.8 Å². The fourth-order valence-corrected chi connectivity index (χ4v) is 2.84. The zero-order valence-corrected chi connectivity index (χ0v) is 12.4. The van der Waals surface area contributed by atoms with Gasteiger partial charge in [-0.1, -0.05) is 48.5 Å². The molecule has 0 atom stereocenters. The third-order valence-electron chi connectivity index (χ3n) is 3.76. The second kappa shape index (κ2) is 4.97. The van der Waals surface area contributed by atoms with E-state index in [9.17, 15) is 0 Å². The van der Waals surface area contributed by atoms with E-state index in [-0.39, 0.29) is 0 Å². The van der Waals surface area contributed by atoms with Gasteiger partial charge in [-0.3, -0.25) is 5.10 Å². The molecule has 0 radical (unpaired) electrons. The molecule has 4 aromatic rings. The highest BCUT2D eigenvalue weighted by Crippen LogP contribution is 2.30. The van der Waals surface area contributed by atoms with Crippen LogP contribution in [0.15, 0.2) is 55.2 Å². The highest BCUT2D eigenvalue weighted by molar-refractivity contribution is 6.35. The summed E-state index contributed by atoms with van der Waals surface area (Å²) in [6.07, 6.45) is 3.61. The van der Waals surface area contributed by atoms with E-state index in [0.717, 1.165) is 38.6 Å². The molecule has 0 amide bonds. The van der Waals surface area contributed by atoms with Crippen molar-refractivity contribution in [1.29, 1.82) is 0 Å². The van der Waals surface area contributed by atoms with Crippen molar-refractivity contribution < 1.29 is 0 Å². The Bertz CT molecular complexity index is 1020. The lowest BCUT2D eigenvalue weighted by Gasteiger charge is -2.07. The molecule has 0 aliphatic rings. The molecule has 4 heteroatoms. The molecule has 22 heavy (non-hydrogen) atoms. The van der Waals surface area contributed by atoms with Gasteiger partial charge in [0.25, 0.3) is 0 Å². The lowest BCUT2D eigenvalue weighted by molar-refractivity contribution is 1.12. The largest absolute Gasteiger partial charge is 0.278 e. The zero-order chi connectivity index (χ0) is 15.1. The van der Waals surface area contributed by atoms with Crippen LogP contribution >= 0.6 is 11.6 Å². The molecule has 0 aliphatic heterocycles. The minimum Gasteiger partial charge on any atom is -0.278 e. The number of aromatic nitrogens is 3. The quantitative estimate of drug-likeness (QED) is 0.561. The topological polar surface area (TPSA) is 41.6 Å². The minimum absolute atomic E-state index is 0.695. The van der Waals surface area contributed by atoms with Gasteiger partial charge in [0.15, 0.2) is 0 Å². The third kappa shape index (κ3) is 2.07. The first-order chi connectivity index (χ1) is 10.7. The van der Waals surface area contributed by atoms with Crippen molar-refractivity contribution in [3.8, 4) is 11.3 Å². The zero-order valence-electron chi connectivity index (χ0n) is 11.7. The Kier molecular flexibility index (Phi) is 2.94. The van der Waals surface area contributed by atoms with E-state index in [1.807, 2.05) is 42.5 Å². The predicted molar refractivity (Wildman–Crippen MR) is 91.9 cm³/mol. The maximum atomic E-state index is 6.42. The Labute approximate surface area is 132 Å². The molecular weight excluding hydrogens is 294 g/mol. The average Bonchev–Trinajstić information content (AvgIpc) is 3.01. The summed E-state index contributed by atoms with van der Waals surface area (Å²) in [5.74, 6) is 0. The van der Waals surface area contributed by atoms with Crippen LogP contribution in [0.4, 0.5) is 0 Å². The highest BCUT2D eigenvalue weighted by Gasteiger charge is 2.08. The number of H-pyrrole nitrogens is 1. The van der Waals surface area contributed by atoms with Crippen LogP contribution < -0.4 is 0 Å². The van der Waals surface area contributed by atoms with Gasteiger partial charge < -0.3 is 0 Å². The average molecular weight is 306 g/mol. The van der Waals surface area contributed by atoms with Gasteiger partial charge in [-0.2, -0.15) is 5.10 Å². The molecule has 0 saturated carbocycles. The molecule has 0 fully saturated rings. The van der Waals surface area contributed by atoms with Crippen molar-refractivity contribution in [2.24, 2.45) is 0 Å². The fraction of sp³-hybridized carbons (Fsp3) is 0. The fourth-order valence-electron chi connectivity index (χ4n) is 2.57. The van der Waals surface area contributed by atoms with Gasteiger partial charge in [-0.15, -0.1) is 0 Å². The van der Waals surface area contributed by atoms with Gasteiger partial charge in [0.2, 0.25) is 0 Å². The number of pyridine rings is 1. The summed E-state index contributed by atoms with van der Waals surface area (Å²) in [6.45, 7) is 3.80. The van der Waals surface area contributed by atoms with Crippen LogP contribution in [0.25, 0.3) is 39.1 Å². The van der Waals surface area contributed by atoms with Crippen LogP contribution in [0.3, 0.4) is 0 Å². The molecular formula is C18H12ClN3. The Morgan fingerprint density at radius 3 is 2.86 bits per heavy atom. The van der Waals surface area contributed by atoms with E-state index in [0.29, 0.717) is 5.02 Å². The summed E-state index contributed by atoms with van der Waals surface area (Å²) in [7, 11) is 0. The summed E-state index contributed by atoms with van der Waals surface area (Å²) in [5, 5.41) is 9.73. The van der Waals surface area contributed by atoms with Crippen LogP contribution in [0, 0.1) is 0 Å². The maximum absolute atomic E-state index is 6.42. The van der Waals surface area contributed by atoms with Gasteiger partial charge in [0.05, 0.1) is 27.9 Å². The number of benzene rings is 2. The second-order valence-electron chi connectivity index (χ2n) is 5.14. The van der Waals surface area contributed by atoms with Crippen LogP contribution in [0.1, 0.15) is 5.56 Å². The third-order valence-corrected chi connectivity index (χ3v) is 4.07. The summed E-state index contributed by atoms with van der Waals surface area (Å²) < 4.78 is 0. The summed E-state index contributed by atoms with van der Waals surface area (Å²) in [5.41, 5.74) is 4.72. The van der Waals surface area contributed by atoms with Gasteiger partial charge in [-0.25, -0.2) is 4.98 Å². The Hall–Kier alpha value is -2.65. The van der Waals surface area contributed by atoms with Crippen molar-refractivity contribution in [3.05, 3.63) is 65.8 Å². The molecule has 106 valence electrons. The normalized spacial score (nSPS) is 11.1. The number of hydrogen-bond acceptors (Lipinski definition) is 2. The van der Waals surface area contributed by atoms with Gasteiger partial charge >= 0.3 is 0 Å². The molecule has 0 saturated heterocycles. The van der Waals surface area contributed by atoms with Crippen molar-refractivity contribution in [1.82, 2.24) is 15.2 Å². The lowest BCUT2D eigenvalue weighted by Crippen LogP contribution is -1.88. The Balaban J connectivity index is 1.95. The van der Waals surface area contributed by atoms with Crippen LogP contribution in [0.2, 0.25) is 5.02 Å². The first-order valence-corrected chi connectivity index (χ1v) is 7.28. The SMILES string of the molecule is C=Cc1ccc2c(Cl)cc(-c3ccc4cn[nH]c4c3)nc2c1. The lowest BCUT2D eigenvalue weighted by atomic mass is 10.1. The van der Waals surface area contributed by atoms with Crippen LogP contribution in [-0.2, 0) is 0 Å². The predicted octanol–water partition coefficient (Wildman–Crippen LogP) is 5.07. The molecule has 4 rings (SSSR count). The summed E-state index contributed by atoms with van der Waals surface area (Å²) in [6, 6.07) is 13.9. The molecule has 0 aliphatic carbocycles. The van der Waals surface area contributed by atoms with Gasteiger partial charge in [0.1, 0.15) is 0 Å². The van der Waals surface area contributed by atoms with E-state index in [4.69, 9.17) is 16.6 Å². The maximum Gasteiger partial charge on any atom is 0.0730 e. The number of nitrogens with zero attached hydrogens (tertiary/aromatic N) is 2. The number of aromatic amines is 1. The summed E-state index contributed by atoms with van der Waals surface area (Å²) in [4.78, 5) is 4.74. The smallest absolute Gasteiger partial charge is 0.0730 e. The molecule has 2 heterocycles. The van der Waals surface area contributed by atoms with E-state index < -0.39 is 0 Å². The van der Waals surface area contributed by atoms with E-state index in [1.54, 1.807) is 12.3 Å². The molecule has 2 aromatic heterocycles. The number of fused-ring (bicyclic) bond motifs is 2. The molecule has 1 N–H and O–H groups in total. The molecule has 0 spiro atoms. The molecule has 2 aromatic carbocycles. The Morgan fingerprint density at radius 2 is 2.00 bits per heavy atom. The van der Waals surface area contributed by atoms with E-state index >= 15 is 0 Å². The standard InChI is InChI=1S/C18H12ClN3/c1-2-11-3-6-14-15(19)9-16(21-18(14)7-11)12-4-5-13-10-20-22-17(13)8-12/h2-10H,1H2,(H,20,22). The van der Waals surface area contributed by atoms with Crippen molar-refractivity contribution in [2.45, 2.75) is 0 Å². The molecule has 0 unspecified atom stereocenters. The molecule has 3 nitrogen and oxygen atoms in total. The molecule has 0 bridgehead atoms. The van der Waals surface area contributed by atoms with Crippen molar-refractivity contribution in [2.75, 3.05) is 0 Å². The first-order valence-electron chi connectivity index (χ1n) is 6.91. The Morgan fingerprint density at radius 1 is 1.09 bits per heavy atom. The first kappa shape index (κ1) is 13.0. The second-order valence-corrected chi connectivity index (χ2v) is 5.55. The summed E-state index contributed by atoms with van der Waals surface area (Å²) >= 11 is 6.42. The van der Waals surface area contributed by atoms with Crippen molar-refractivity contribution in [3.63, 3.8) is 0 Å². The van der Waals surface area contributed by atoms with Crippen LogP contribution in [-0.4, -0.2) is 15.2 Å². The highest BCUT2D eigenvalue weighted by atomic mass is 35.5. The van der Waals surface area contributed by atoms with Crippen molar-refractivity contribution >= 4 is 39.5 Å². The van der Waals surface area contributed by atoms with Gasteiger partial charge in [0, 0.05) is 16.3 Å².